The van der Waals surface area contributed by atoms with E-state index in [0.717, 1.165) is 18.7 Å². The van der Waals surface area contributed by atoms with Crippen LogP contribution in [-0.2, 0) is 13.0 Å². The van der Waals surface area contributed by atoms with Crippen molar-refractivity contribution in [2.45, 2.75) is 13.0 Å². The van der Waals surface area contributed by atoms with Crippen LogP contribution in [0.5, 0.6) is 0 Å². The summed E-state index contributed by atoms with van der Waals surface area (Å²) < 4.78 is 1.97. The van der Waals surface area contributed by atoms with Crippen molar-refractivity contribution in [1.82, 2.24) is 9.78 Å². The van der Waals surface area contributed by atoms with Crippen LogP contribution in [0.3, 0.4) is 0 Å². The maximum atomic E-state index is 5.43. The standard InChI is InChI=1S/C8H15N3S/c1-12-5-4-11-7-8(2-3-9)6-10-11/h6-7H,2-5,9H2,1H3. The van der Waals surface area contributed by atoms with Crippen molar-refractivity contribution in [3.63, 3.8) is 0 Å². The molecule has 0 spiro atoms. The lowest BCUT2D eigenvalue weighted by molar-refractivity contribution is 0.666. The Morgan fingerprint density at radius 3 is 3.17 bits per heavy atom. The van der Waals surface area contributed by atoms with Crippen molar-refractivity contribution in [3.8, 4) is 0 Å². The zero-order valence-electron chi connectivity index (χ0n) is 7.36. The first-order valence-electron chi connectivity index (χ1n) is 4.07. The molecule has 1 heterocycles. The van der Waals surface area contributed by atoms with Gasteiger partial charge in [-0.1, -0.05) is 0 Å². The van der Waals surface area contributed by atoms with E-state index in [-0.39, 0.29) is 0 Å². The van der Waals surface area contributed by atoms with Crippen molar-refractivity contribution in [2.75, 3.05) is 18.6 Å². The number of rotatable bonds is 5. The van der Waals surface area contributed by atoms with Crippen LogP contribution in [-0.4, -0.2) is 28.3 Å². The lowest BCUT2D eigenvalue weighted by Gasteiger charge is -1.96. The van der Waals surface area contributed by atoms with Crippen LogP contribution >= 0.6 is 11.8 Å². The first-order valence-corrected chi connectivity index (χ1v) is 5.46. The first-order chi connectivity index (χ1) is 5.86. The van der Waals surface area contributed by atoms with Gasteiger partial charge in [-0.05, 0) is 24.8 Å². The van der Waals surface area contributed by atoms with Gasteiger partial charge in [0.1, 0.15) is 0 Å². The van der Waals surface area contributed by atoms with Crippen LogP contribution in [0.15, 0.2) is 12.4 Å². The molecule has 12 heavy (non-hydrogen) atoms. The molecule has 0 unspecified atom stereocenters. The lowest BCUT2D eigenvalue weighted by Crippen LogP contribution is -2.02. The molecular weight excluding hydrogens is 170 g/mol. The van der Waals surface area contributed by atoms with Gasteiger partial charge < -0.3 is 5.73 Å². The average molecular weight is 185 g/mol. The molecule has 0 saturated carbocycles. The second kappa shape index (κ2) is 5.22. The van der Waals surface area contributed by atoms with Crippen LogP contribution in [0.2, 0.25) is 0 Å². The van der Waals surface area contributed by atoms with Crippen LogP contribution < -0.4 is 5.73 Å². The van der Waals surface area contributed by atoms with E-state index >= 15 is 0 Å². The number of aryl methyl sites for hydroxylation is 1. The molecule has 0 amide bonds. The summed E-state index contributed by atoms with van der Waals surface area (Å²) in [5.74, 6) is 1.11. The zero-order valence-corrected chi connectivity index (χ0v) is 8.18. The summed E-state index contributed by atoms with van der Waals surface area (Å²) in [4.78, 5) is 0. The van der Waals surface area contributed by atoms with Crippen molar-refractivity contribution >= 4 is 11.8 Å². The summed E-state index contributed by atoms with van der Waals surface area (Å²) in [6, 6.07) is 0. The molecule has 0 aromatic carbocycles. The van der Waals surface area contributed by atoms with Gasteiger partial charge in [0.2, 0.25) is 0 Å². The molecule has 1 aromatic rings. The SMILES string of the molecule is CSCCn1cc(CCN)cn1. The van der Waals surface area contributed by atoms with Crippen LogP contribution in [0.4, 0.5) is 0 Å². The summed E-state index contributed by atoms with van der Waals surface area (Å²) in [5, 5.41) is 4.22. The highest BCUT2D eigenvalue weighted by Crippen LogP contribution is 1.99. The fraction of sp³-hybridized carbons (Fsp3) is 0.625. The molecule has 68 valence electrons. The lowest BCUT2D eigenvalue weighted by atomic mass is 10.3. The molecule has 0 fully saturated rings. The summed E-state index contributed by atoms with van der Waals surface area (Å²) in [6.07, 6.45) is 7.00. The third-order valence-corrected chi connectivity index (χ3v) is 2.24. The first kappa shape index (κ1) is 9.61. The predicted molar refractivity (Wildman–Crippen MR) is 53.4 cm³/mol. The molecule has 0 aliphatic heterocycles. The Hall–Kier alpha value is -0.480. The molecule has 0 aliphatic rings. The molecule has 0 atom stereocenters. The Kier molecular flexibility index (Phi) is 4.18. The Morgan fingerprint density at radius 1 is 1.67 bits per heavy atom. The molecule has 0 saturated heterocycles. The Morgan fingerprint density at radius 2 is 2.50 bits per heavy atom. The van der Waals surface area contributed by atoms with Gasteiger partial charge in [-0.2, -0.15) is 16.9 Å². The minimum atomic E-state index is 0.703. The van der Waals surface area contributed by atoms with Gasteiger partial charge in [0, 0.05) is 18.5 Å². The van der Waals surface area contributed by atoms with Gasteiger partial charge in [0.15, 0.2) is 0 Å². The van der Waals surface area contributed by atoms with E-state index in [4.69, 9.17) is 5.73 Å². The molecule has 0 bridgehead atoms. The maximum absolute atomic E-state index is 5.43. The van der Waals surface area contributed by atoms with E-state index in [1.54, 1.807) is 0 Å². The number of hydrogen-bond donors (Lipinski definition) is 1. The normalized spacial score (nSPS) is 10.5. The Bertz CT molecular complexity index is 222. The molecule has 0 radical (unpaired) electrons. The quantitative estimate of drug-likeness (QED) is 0.736. The van der Waals surface area contributed by atoms with Crippen molar-refractivity contribution in [3.05, 3.63) is 18.0 Å². The van der Waals surface area contributed by atoms with Crippen LogP contribution in [0.25, 0.3) is 0 Å². The van der Waals surface area contributed by atoms with Crippen LogP contribution in [0, 0.1) is 0 Å². The second-order valence-corrected chi connectivity index (χ2v) is 3.63. The van der Waals surface area contributed by atoms with E-state index < -0.39 is 0 Å². The van der Waals surface area contributed by atoms with Crippen molar-refractivity contribution < 1.29 is 0 Å². The van der Waals surface area contributed by atoms with Crippen molar-refractivity contribution in [1.29, 1.82) is 0 Å². The predicted octanol–water partition coefficient (Wildman–Crippen LogP) is 0.747. The minimum absolute atomic E-state index is 0.703. The number of nitrogens with two attached hydrogens (primary N) is 1. The summed E-state index contributed by atoms with van der Waals surface area (Å²) >= 11 is 1.83. The van der Waals surface area contributed by atoms with Gasteiger partial charge in [-0.3, -0.25) is 4.68 Å². The minimum Gasteiger partial charge on any atom is -0.330 e. The van der Waals surface area contributed by atoms with E-state index in [1.165, 1.54) is 5.56 Å². The van der Waals surface area contributed by atoms with E-state index in [2.05, 4.69) is 17.6 Å². The second-order valence-electron chi connectivity index (χ2n) is 2.64. The number of hydrogen-bond acceptors (Lipinski definition) is 3. The summed E-state index contributed by atoms with van der Waals surface area (Å²) in [5.41, 5.74) is 6.66. The monoisotopic (exact) mass is 185 g/mol. The Balaban J connectivity index is 2.41. The summed E-state index contributed by atoms with van der Waals surface area (Å²) in [7, 11) is 0. The molecule has 2 N–H and O–H groups in total. The number of aromatic nitrogens is 2. The average Bonchev–Trinajstić information content (AvgIpc) is 2.50. The Labute approximate surface area is 77.3 Å². The number of nitrogens with zero attached hydrogens (tertiary/aromatic N) is 2. The highest BCUT2D eigenvalue weighted by atomic mass is 32.2. The van der Waals surface area contributed by atoms with Crippen LogP contribution in [0.1, 0.15) is 5.56 Å². The fourth-order valence-electron chi connectivity index (χ4n) is 1.01. The van der Waals surface area contributed by atoms with Gasteiger partial charge in [-0.15, -0.1) is 0 Å². The van der Waals surface area contributed by atoms with Crippen molar-refractivity contribution in [2.24, 2.45) is 5.73 Å². The van der Waals surface area contributed by atoms with Gasteiger partial charge in [0.25, 0.3) is 0 Å². The molecule has 1 rings (SSSR count). The van der Waals surface area contributed by atoms with Gasteiger partial charge in [0.05, 0.1) is 6.20 Å². The number of thioether (sulfide) groups is 1. The molecule has 0 aliphatic carbocycles. The van der Waals surface area contributed by atoms with E-state index in [9.17, 15) is 0 Å². The summed E-state index contributed by atoms with van der Waals surface area (Å²) in [6.45, 7) is 1.69. The molecule has 4 heteroatoms. The fourth-order valence-corrected chi connectivity index (χ4v) is 1.38. The molecular formula is C8H15N3S. The topological polar surface area (TPSA) is 43.8 Å². The maximum Gasteiger partial charge on any atom is 0.0522 e. The largest absolute Gasteiger partial charge is 0.330 e. The third-order valence-electron chi connectivity index (χ3n) is 1.64. The smallest absolute Gasteiger partial charge is 0.0522 e. The zero-order chi connectivity index (χ0) is 8.81. The molecule has 3 nitrogen and oxygen atoms in total. The van der Waals surface area contributed by atoms with Gasteiger partial charge in [-0.25, -0.2) is 0 Å². The highest BCUT2D eigenvalue weighted by molar-refractivity contribution is 7.98. The highest BCUT2D eigenvalue weighted by Gasteiger charge is 1.96. The van der Waals surface area contributed by atoms with Gasteiger partial charge >= 0.3 is 0 Å². The third kappa shape index (κ3) is 2.87. The van der Waals surface area contributed by atoms with E-state index in [0.29, 0.717) is 6.54 Å². The van der Waals surface area contributed by atoms with E-state index in [1.807, 2.05) is 22.6 Å². The molecule has 1 aromatic heterocycles.